The van der Waals surface area contributed by atoms with Gasteiger partial charge in [-0.2, -0.15) is 5.10 Å². The van der Waals surface area contributed by atoms with Gasteiger partial charge in [0.05, 0.1) is 17.2 Å². The van der Waals surface area contributed by atoms with Crippen LogP contribution < -0.4 is 4.72 Å². The van der Waals surface area contributed by atoms with Crippen molar-refractivity contribution in [1.29, 1.82) is 0 Å². The van der Waals surface area contributed by atoms with Gasteiger partial charge in [0, 0.05) is 26.2 Å². The largest absolute Gasteiger partial charge is 0.342 e. The number of para-hydroxylation sites is 2. The number of aromatic amines is 1. The van der Waals surface area contributed by atoms with Crippen molar-refractivity contribution < 1.29 is 8.42 Å². The summed E-state index contributed by atoms with van der Waals surface area (Å²) in [5.41, 5.74) is 1.82. The van der Waals surface area contributed by atoms with Crippen LogP contribution in [0.1, 0.15) is 5.82 Å². The molecule has 0 aliphatic rings. The van der Waals surface area contributed by atoms with Crippen LogP contribution in [0.2, 0.25) is 0 Å². The summed E-state index contributed by atoms with van der Waals surface area (Å²) in [5, 5.41) is 3.86. The Morgan fingerprint density at radius 1 is 1.33 bits per heavy atom. The molecule has 21 heavy (non-hydrogen) atoms. The fourth-order valence-corrected chi connectivity index (χ4v) is 3.06. The van der Waals surface area contributed by atoms with E-state index in [1.807, 2.05) is 24.3 Å². The summed E-state index contributed by atoms with van der Waals surface area (Å²) in [7, 11) is -1.84. The number of hydrogen-bond acceptors (Lipinski definition) is 4. The predicted molar refractivity (Wildman–Crippen MR) is 78.2 cm³/mol. The number of fused-ring (bicyclic) bond motifs is 1. The second-order valence-corrected chi connectivity index (χ2v) is 6.47. The number of hydrogen-bond donors (Lipinski definition) is 2. The minimum atomic E-state index is -3.51. The van der Waals surface area contributed by atoms with Gasteiger partial charge in [0.25, 0.3) is 0 Å². The van der Waals surface area contributed by atoms with E-state index >= 15 is 0 Å². The SMILES string of the molecule is Cn1cc(S(=O)(=O)NCCc2nc3ccccc3[nH]2)cn1. The van der Waals surface area contributed by atoms with Crippen molar-refractivity contribution in [1.82, 2.24) is 24.5 Å². The number of sulfonamides is 1. The van der Waals surface area contributed by atoms with Gasteiger partial charge >= 0.3 is 0 Å². The summed E-state index contributed by atoms with van der Waals surface area (Å²) in [6.07, 6.45) is 3.28. The highest BCUT2D eigenvalue weighted by Crippen LogP contribution is 2.11. The Hall–Kier alpha value is -2.19. The third-order valence-corrected chi connectivity index (χ3v) is 4.50. The van der Waals surface area contributed by atoms with Crippen LogP contribution in [0, 0.1) is 0 Å². The molecule has 0 aliphatic carbocycles. The highest BCUT2D eigenvalue weighted by Gasteiger charge is 2.15. The molecule has 2 heterocycles. The van der Waals surface area contributed by atoms with Gasteiger partial charge in [0.15, 0.2) is 0 Å². The van der Waals surface area contributed by atoms with Gasteiger partial charge in [-0.15, -0.1) is 0 Å². The Morgan fingerprint density at radius 2 is 2.14 bits per heavy atom. The standard InChI is InChI=1S/C13H15N5O2S/c1-18-9-10(8-14-18)21(19,20)15-7-6-13-16-11-4-2-3-5-12(11)17-13/h2-5,8-9,15H,6-7H2,1H3,(H,16,17). The van der Waals surface area contributed by atoms with Crippen LogP contribution in [-0.2, 0) is 23.5 Å². The number of aromatic nitrogens is 4. The second-order valence-electron chi connectivity index (χ2n) is 4.70. The van der Waals surface area contributed by atoms with Crippen molar-refractivity contribution in [3.63, 3.8) is 0 Å². The molecule has 2 N–H and O–H groups in total. The summed E-state index contributed by atoms with van der Waals surface area (Å²) >= 11 is 0. The van der Waals surface area contributed by atoms with Crippen molar-refractivity contribution in [2.75, 3.05) is 6.54 Å². The Kier molecular flexibility index (Phi) is 3.48. The van der Waals surface area contributed by atoms with Crippen molar-refractivity contribution in [2.45, 2.75) is 11.3 Å². The molecule has 7 nitrogen and oxygen atoms in total. The van der Waals surface area contributed by atoms with E-state index in [1.54, 1.807) is 7.05 Å². The lowest BCUT2D eigenvalue weighted by molar-refractivity contribution is 0.581. The quantitative estimate of drug-likeness (QED) is 0.730. The van der Waals surface area contributed by atoms with Gasteiger partial charge in [0.1, 0.15) is 10.7 Å². The van der Waals surface area contributed by atoms with Crippen LogP contribution in [-0.4, -0.2) is 34.7 Å². The first-order chi connectivity index (χ1) is 10.0. The third-order valence-electron chi connectivity index (χ3n) is 3.08. The molecular formula is C13H15N5O2S. The molecule has 110 valence electrons. The molecule has 0 aliphatic heterocycles. The molecule has 0 unspecified atom stereocenters. The van der Waals surface area contributed by atoms with Gasteiger partial charge in [-0.25, -0.2) is 18.1 Å². The minimum Gasteiger partial charge on any atom is -0.342 e. The molecule has 3 aromatic rings. The molecule has 0 amide bonds. The summed E-state index contributed by atoms with van der Waals surface area (Å²) in [5.74, 6) is 0.755. The number of nitrogens with one attached hydrogen (secondary N) is 2. The molecule has 0 saturated heterocycles. The normalized spacial score (nSPS) is 12.0. The Morgan fingerprint density at radius 3 is 2.86 bits per heavy atom. The lowest BCUT2D eigenvalue weighted by Crippen LogP contribution is -2.26. The molecule has 8 heteroatoms. The zero-order valence-corrected chi connectivity index (χ0v) is 12.3. The fraction of sp³-hybridized carbons (Fsp3) is 0.231. The maximum atomic E-state index is 12.0. The van der Waals surface area contributed by atoms with E-state index in [0.717, 1.165) is 16.9 Å². The zero-order chi connectivity index (χ0) is 14.9. The first-order valence-electron chi connectivity index (χ1n) is 6.46. The van der Waals surface area contributed by atoms with Crippen LogP contribution >= 0.6 is 0 Å². The van der Waals surface area contributed by atoms with E-state index in [-0.39, 0.29) is 11.4 Å². The highest BCUT2D eigenvalue weighted by atomic mass is 32.2. The molecule has 0 fully saturated rings. The topological polar surface area (TPSA) is 92.7 Å². The van der Waals surface area contributed by atoms with Gasteiger partial charge in [0.2, 0.25) is 10.0 Å². The average Bonchev–Trinajstić information content (AvgIpc) is 3.04. The van der Waals surface area contributed by atoms with Crippen LogP contribution in [0.25, 0.3) is 11.0 Å². The molecular weight excluding hydrogens is 290 g/mol. The Balaban J connectivity index is 1.65. The zero-order valence-electron chi connectivity index (χ0n) is 11.4. The van der Waals surface area contributed by atoms with Crippen LogP contribution in [0.4, 0.5) is 0 Å². The summed E-state index contributed by atoms with van der Waals surface area (Å²) < 4.78 is 28.0. The summed E-state index contributed by atoms with van der Waals surface area (Å²) in [6, 6.07) is 7.69. The molecule has 0 bridgehead atoms. The number of benzene rings is 1. The maximum Gasteiger partial charge on any atom is 0.243 e. The number of H-pyrrole nitrogens is 1. The molecule has 0 spiro atoms. The highest BCUT2D eigenvalue weighted by molar-refractivity contribution is 7.89. The Labute approximate surface area is 122 Å². The van der Waals surface area contributed by atoms with E-state index in [4.69, 9.17) is 0 Å². The van der Waals surface area contributed by atoms with E-state index in [1.165, 1.54) is 17.1 Å². The third kappa shape index (κ3) is 2.96. The fourth-order valence-electron chi connectivity index (χ4n) is 2.05. The van der Waals surface area contributed by atoms with Crippen molar-refractivity contribution in [3.05, 3.63) is 42.5 Å². The van der Waals surface area contributed by atoms with E-state index < -0.39 is 10.0 Å². The number of rotatable bonds is 5. The lowest BCUT2D eigenvalue weighted by Gasteiger charge is -2.02. The average molecular weight is 305 g/mol. The summed E-state index contributed by atoms with van der Waals surface area (Å²) in [6.45, 7) is 0.275. The number of aryl methyl sites for hydroxylation is 1. The van der Waals surface area contributed by atoms with Crippen molar-refractivity contribution >= 4 is 21.1 Å². The van der Waals surface area contributed by atoms with Crippen molar-refractivity contribution in [3.8, 4) is 0 Å². The molecule has 2 aromatic heterocycles. The summed E-state index contributed by atoms with van der Waals surface area (Å²) in [4.78, 5) is 7.73. The number of imidazole rings is 1. The second kappa shape index (κ2) is 5.30. The van der Waals surface area contributed by atoms with Gasteiger partial charge in [-0.1, -0.05) is 12.1 Å². The lowest BCUT2D eigenvalue weighted by atomic mass is 10.3. The van der Waals surface area contributed by atoms with Gasteiger partial charge < -0.3 is 4.98 Å². The minimum absolute atomic E-state index is 0.162. The first kappa shape index (κ1) is 13.8. The molecule has 0 radical (unpaired) electrons. The first-order valence-corrected chi connectivity index (χ1v) is 7.95. The smallest absolute Gasteiger partial charge is 0.243 e. The predicted octanol–water partition coefficient (Wildman–Crippen LogP) is 0.817. The maximum absolute atomic E-state index is 12.0. The van der Waals surface area contributed by atoms with Crippen LogP contribution in [0.15, 0.2) is 41.6 Å². The van der Waals surface area contributed by atoms with Crippen LogP contribution in [0.5, 0.6) is 0 Å². The van der Waals surface area contributed by atoms with Crippen molar-refractivity contribution in [2.24, 2.45) is 7.05 Å². The van der Waals surface area contributed by atoms with E-state index in [2.05, 4.69) is 19.8 Å². The van der Waals surface area contributed by atoms with E-state index in [0.29, 0.717) is 6.42 Å². The molecule has 1 aromatic carbocycles. The number of nitrogens with zero attached hydrogens (tertiary/aromatic N) is 3. The van der Waals surface area contributed by atoms with E-state index in [9.17, 15) is 8.42 Å². The molecule has 0 atom stereocenters. The van der Waals surface area contributed by atoms with Crippen LogP contribution in [0.3, 0.4) is 0 Å². The Bertz CT molecular complexity index is 832. The van der Waals surface area contributed by atoms with Gasteiger partial charge in [-0.3, -0.25) is 4.68 Å². The molecule has 0 saturated carbocycles. The molecule has 3 rings (SSSR count). The van der Waals surface area contributed by atoms with Gasteiger partial charge in [-0.05, 0) is 12.1 Å². The monoisotopic (exact) mass is 305 g/mol.